The predicted octanol–water partition coefficient (Wildman–Crippen LogP) is 4.56. The van der Waals surface area contributed by atoms with Crippen LogP contribution in [0.5, 0.6) is 5.88 Å². The maximum atomic E-state index is 15.5. The first-order valence-electron chi connectivity index (χ1n) is 11.2. The van der Waals surface area contributed by atoms with E-state index in [4.69, 9.17) is 4.74 Å². The number of anilines is 1. The topological polar surface area (TPSA) is 127 Å². The van der Waals surface area contributed by atoms with Crippen LogP contribution in [0.1, 0.15) is 0 Å². The van der Waals surface area contributed by atoms with Crippen molar-refractivity contribution in [3.05, 3.63) is 84.8 Å². The van der Waals surface area contributed by atoms with Crippen LogP contribution in [0, 0.1) is 17.5 Å². The number of hydrogen-bond acceptors (Lipinski definition) is 7. The lowest BCUT2D eigenvalue weighted by atomic mass is 10.1. The molecule has 2 aromatic carbocycles. The summed E-state index contributed by atoms with van der Waals surface area (Å²) in [5.41, 5.74) is 1.25. The van der Waals surface area contributed by atoms with Gasteiger partial charge in [-0.25, -0.2) is 36.5 Å². The van der Waals surface area contributed by atoms with Crippen molar-refractivity contribution in [3.63, 3.8) is 0 Å². The molecule has 2 N–H and O–H groups in total. The third-order valence-corrected chi connectivity index (χ3v) is 7.25. The van der Waals surface area contributed by atoms with E-state index in [1.54, 1.807) is 0 Å². The first kappa shape index (κ1) is 24.4. The molecule has 4 aromatic heterocycles. The molecule has 6 rings (SSSR count). The summed E-state index contributed by atoms with van der Waals surface area (Å²) in [4.78, 5) is 19.2. The van der Waals surface area contributed by atoms with Gasteiger partial charge in [-0.2, -0.15) is 0 Å². The zero-order chi connectivity index (χ0) is 27.3. The van der Waals surface area contributed by atoms with E-state index in [0.717, 1.165) is 36.5 Å². The number of aromatic nitrogens is 6. The van der Waals surface area contributed by atoms with Crippen LogP contribution in [-0.4, -0.2) is 44.8 Å². The van der Waals surface area contributed by atoms with Crippen molar-refractivity contribution >= 4 is 32.3 Å². The molecule has 6 aromatic rings. The number of benzene rings is 2. The Labute approximate surface area is 218 Å². The van der Waals surface area contributed by atoms with Crippen LogP contribution in [0.3, 0.4) is 0 Å². The highest BCUT2D eigenvalue weighted by atomic mass is 32.2. The van der Waals surface area contributed by atoms with Gasteiger partial charge in [-0.15, -0.1) is 0 Å². The van der Waals surface area contributed by atoms with Crippen molar-refractivity contribution in [1.82, 2.24) is 29.3 Å². The van der Waals surface area contributed by atoms with Gasteiger partial charge in [0, 0.05) is 12.3 Å². The Bertz CT molecular complexity index is 1970. The molecule has 4 heterocycles. The minimum absolute atomic E-state index is 0.128. The van der Waals surface area contributed by atoms with Crippen molar-refractivity contribution in [1.29, 1.82) is 0 Å². The van der Waals surface area contributed by atoms with Gasteiger partial charge in [0.2, 0.25) is 5.88 Å². The normalized spacial score (nSPS) is 11.8. The Morgan fingerprint density at radius 1 is 1.03 bits per heavy atom. The molecule has 0 atom stereocenters. The summed E-state index contributed by atoms with van der Waals surface area (Å²) >= 11 is 0. The number of halogens is 3. The summed E-state index contributed by atoms with van der Waals surface area (Å²) in [6, 6.07) is 9.90. The second-order valence-corrected chi connectivity index (χ2v) is 9.96. The molecular formula is C25H16F3N7O3S. The Morgan fingerprint density at radius 2 is 1.85 bits per heavy atom. The first-order valence-corrected chi connectivity index (χ1v) is 12.7. The van der Waals surface area contributed by atoms with E-state index >= 15 is 4.39 Å². The van der Waals surface area contributed by atoms with E-state index in [-0.39, 0.29) is 5.69 Å². The smallest absolute Gasteiger partial charge is 0.267 e. The Morgan fingerprint density at radius 3 is 2.64 bits per heavy atom. The minimum Gasteiger partial charge on any atom is -0.480 e. The van der Waals surface area contributed by atoms with E-state index in [9.17, 15) is 17.2 Å². The lowest BCUT2D eigenvalue weighted by Gasteiger charge is -2.13. The Hall–Kier alpha value is -4.98. The summed E-state index contributed by atoms with van der Waals surface area (Å²) in [6.07, 6.45) is 4.94. The van der Waals surface area contributed by atoms with Crippen molar-refractivity contribution in [3.8, 4) is 28.7 Å². The number of ether oxygens (including phenoxy) is 1. The van der Waals surface area contributed by atoms with Gasteiger partial charge in [-0.3, -0.25) is 9.71 Å². The summed E-state index contributed by atoms with van der Waals surface area (Å²) in [5.74, 6) is -3.07. The third-order valence-electron chi connectivity index (χ3n) is 5.89. The van der Waals surface area contributed by atoms with Crippen molar-refractivity contribution in [2.75, 3.05) is 11.8 Å². The van der Waals surface area contributed by atoms with Crippen LogP contribution in [0.2, 0.25) is 0 Å². The average molecular weight is 552 g/mol. The second kappa shape index (κ2) is 9.09. The number of methoxy groups -OCH3 is 1. The van der Waals surface area contributed by atoms with Gasteiger partial charge in [0.15, 0.2) is 16.5 Å². The van der Waals surface area contributed by atoms with E-state index < -0.39 is 49.5 Å². The molecule has 0 aliphatic carbocycles. The van der Waals surface area contributed by atoms with E-state index in [2.05, 4.69) is 24.9 Å². The van der Waals surface area contributed by atoms with Crippen LogP contribution in [0.4, 0.5) is 18.9 Å². The molecule has 0 bridgehead atoms. The summed E-state index contributed by atoms with van der Waals surface area (Å²) in [7, 11) is -3.43. The molecule has 0 saturated carbocycles. The van der Waals surface area contributed by atoms with Gasteiger partial charge in [-0.1, -0.05) is 12.1 Å². The van der Waals surface area contributed by atoms with Crippen LogP contribution in [0.15, 0.2) is 72.3 Å². The van der Waals surface area contributed by atoms with Crippen LogP contribution < -0.4 is 9.46 Å². The molecule has 39 heavy (non-hydrogen) atoms. The average Bonchev–Trinajstić information content (AvgIpc) is 3.54. The number of para-hydroxylation sites is 2. The van der Waals surface area contributed by atoms with Crippen LogP contribution in [-0.2, 0) is 10.0 Å². The van der Waals surface area contributed by atoms with Crippen molar-refractivity contribution < 1.29 is 26.3 Å². The number of rotatable bonds is 6. The molecule has 0 amide bonds. The van der Waals surface area contributed by atoms with E-state index in [0.29, 0.717) is 23.1 Å². The van der Waals surface area contributed by atoms with E-state index in [1.165, 1.54) is 23.1 Å². The maximum Gasteiger partial charge on any atom is 0.267 e. The summed E-state index contributed by atoms with van der Waals surface area (Å²) in [5, 5.41) is 0. The molecule has 0 radical (unpaired) electrons. The minimum atomic E-state index is -4.57. The number of sulfonamides is 1. The molecule has 0 aliphatic rings. The highest BCUT2D eigenvalue weighted by molar-refractivity contribution is 7.92. The fraction of sp³-hybridized carbons (Fsp3) is 0.0400. The van der Waals surface area contributed by atoms with Gasteiger partial charge in [0.25, 0.3) is 10.0 Å². The molecule has 0 unspecified atom stereocenters. The predicted molar refractivity (Wildman–Crippen MR) is 135 cm³/mol. The number of hydrogen-bond donors (Lipinski definition) is 2. The number of imidazole rings is 2. The fourth-order valence-corrected chi connectivity index (χ4v) is 5.28. The Balaban J connectivity index is 1.39. The molecule has 14 heteroatoms. The third kappa shape index (κ3) is 4.20. The number of aromatic amines is 1. The lowest BCUT2D eigenvalue weighted by Crippen LogP contribution is -2.16. The lowest BCUT2D eigenvalue weighted by molar-refractivity contribution is 0.382. The van der Waals surface area contributed by atoms with Crippen LogP contribution >= 0.6 is 0 Å². The second-order valence-electron chi connectivity index (χ2n) is 8.31. The van der Waals surface area contributed by atoms with Gasteiger partial charge < -0.3 is 14.1 Å². The monoisotopic (exact) mass is 551 g/mol. The van der Waals surface area contributed by atoms with Crippen LogP contribution in [0.25, 0.3) is 39.3 Å². The molecule has 0 saturated heterocycles. The zero-order valence-electron chi connectivity index (χ0n) is 19.9. The largest absolute Gasteiger partial charge is 0.480 e. The van der Waals surface area contributed by atoms with Gasteiger partial charge in [0.1, 0.15) is 23.7 Å². The summed E-state index contributed by atoms with van der Waals surface area (Å²) < 4.78 is 78.3. The van der Waals surface area contributed by atoms with Crippen molar-refractivity contribution in [2.24, 2.45) is 0 Å². The molecule has 196 valence electrons. The van der Waals surface area contributed by atoms with E-state index in [1.807, 2.05) is 29.0 Å². The highest BCUT2D eigenvalue weighted by Crippen LogP contribution is 2.33. The number of fused-ring (bicyclic) bond motifs is 2. The first-order chi connectivity index (χ1) is 18.7. The molecular weight excluding hydrogens is 535 g/mol. The maximum absolute atomic E-state index is 15.5. The SMILES string of the molecule is COc1ncc(F)cc1S(=O)(=O)Nc1ccc(F)c(-c2cn3cnc(-c4nc5ccccc5[nH]4)c3cn2)c1F. The Kier molecular flexibility index (Phi) is 5.68. The highest BCUT2D eigenvalue weighted by Gasteiger charge is 2.26. The molecule has 10 nitrogen and oxygen atoms in total. The molecule has 0 aliphatic heterocycles. The number of pyridine rings is 1. The number of H-pyrrole nitrogens is 1. The molecule has 0 fully saturated rings. The van der Waals surface area contributed by atoms with Gasteiger partial charge in [0.05, 0.1) is 53.0 Å². The number of nitrogens with one attached hydrogen (secondary N) is 2. The quantitative estimate of drug-likeness (QED) is 0.311. The van der Waals surface area contributed by atoms with Gasteiger partial charge in [-0.05, 0) is 24.3 Å². The van der Waals surface area contributed by atoms with Crippen molar-refractivity contribution in [2.45, 2.75) is 4.90 Å². The molecule has 0 spiro atoms. The summed E-state index contributed by atoms with van der Waals surface area (Å²) in [6.45, 7) is 0. The standard InChI is InChI=1S/C25H16F3N7O3S/c1-38-25-20(8-13(26)9-30-25)39(36,37)34-17-7-6-14(27)21(22(17)28)18-11-35-12-31-23(19(35)10-29-18)24-32-15-4-2-3-5-16(15)33-24/h2-12,34H,1H3,(H,32,33). The number of nitrogens with zero attached hydrogens (tertiary/aromatic N) is 5. The fourth-order valence-electron chi connectivity index (χ4n) is 4.09. The van der Waals surface area contributed by atoms with Gasteiger partial charge >= 0.3 is 0 Å². The zero-order valence-corrected chi connectivity index (χ0v) is 20.7.